The summed E-state index contributed by atoms with van der Waals surface area (Å²) in [4.78, 5) is 3.99. The first-order chi connectivity index (χ1) is 13.3. The van der Waals surface area contributed by atoms with Crippen molar-refractivity contribution in [1.82, 2.24) is 15.4 Å². The van der Waals surface area contributed by atoms with Crippen LogP contribution in [-0.2, 0) is 10.0 Å². The molecule has 2 heterocycles. The van der Waals surface area contributed by atoms with E-state index < -0.39 is 34.3 Å². The van der Waals surface area contributed by atoms with Gasteiger partial charge in [-0.3, -0.25) is 10.7 Å². The van der Waals surface area contributed by atoms with E-state index in [1.807, 2.05) is 0 Å². The Labute approximate surface area is 162 Å². The average Bonchev–Trinajstić information content (AvgIpc) is 2.67. The molecule has 0 bridgehead atoms. The molecule has 0 aromatic heterocycles. The maximum Gasteiger partial charge on any atom is 0.241 e. The molecule has 150 valence electrons. The fourth-order valence-electron chi connectivity index (χ4n) is 2.77. The van der Waals surface area contributed by atoms with Crippen molar-refractivity contribution < 1.29 is 17.9 Å². The highest BCUT2D eigenvalue weighted by Crippen LogP contribution is 2.29. The monoisotopic (exact) mass is 407 g/mol. The van der Waals surface area contributed by atoms with Crippen LogP contribution < -0.4 is 21.1 Å². The van der Waals surface area contributed by atoms with Gasteiger partial charge in [0.2, 0.25) is 10.0 Å². The van der Waals surface area contributed by atoms with Crippen LogP contribution in [0.4, 0.5) is 4.39 Å². The minimum atomic E-state index is -3.88. The molecule has 2 unspecified atom stereocenters. The van der Waals surface area contributed by atoms with E-state index in [-0.39, 0.29) is 11.4 Å². The lowest BCUT2D eigenvalue weighted by Crippen LogP contribution is -2.39. The summed E-state index contributed by atoms with van der Waals surface area (Å²) < 4.78 is 42.3. The largest absolute Gasteiger partial charge is 0.392 e. The van der Waals surface area contributed by atoms with Gasteiger partial charge in [-0.15, -0.1) is 0 Å². The first-order valence-corrected chi connectivity index (χ1v) is 10.1. The van der Waals surface area contributed by atoms with E-state index in [1.54, 1.807) is 30.6 Å². The number of nitrogens with one attached hydrogen (secondary N) is 3. The highest BCUT2D eigenvalue weighted by molar-refractivity contribution is 7.89. The van der Waals surface area contributed by atoms with Crippen LogP contribution >= 0.6 is 0 Å². The summed E-state index contributed by atoms with van der Waals surface area (Å²) in [5.74, 6) is -0.489. The number of nitrogens with two attached hydrogens (primary N) is 1. The van der Waals surface area contributed by atoms with Crippen molar-refractivity contribution in [3.63, 3.8) is 0 Å². The number of hydrogen-bond donors (Lipinski definition) is 5. The number of aliphatic hydroxyl groups excluding tert-OH is 1. The van der Waals surface area contributed by atoms with Crippen molar-refractivity contribution in [1.29, 1.82) is 0 Å². The van der Waals surface area contributed by atoms with Crippen molar-refractivity contribution >= 4 is 21.8 Å². The first kappa shape index (κ1) is 20.2. The van der Waals surface area contributed by atoms with Crippen LogP contribution in [-0.4, -0.2) is 44.7 Å². The summed E-state index contributed by atoms with van der Waals surface area (Å²) in [7, 11) is -3.88. The number of aliphatic hydroxyl groups is 1. The van der Waals surface area contributed by atoms with Gasteiger partial charge in [0.05, 0.1) is 11.0 Å². The molecule has 8 nitrogen and oxygen atoms in total. The van der Waals surface area contributed by atoms with Crippen LogP contribution in [0, 0.1) is 0 Å². The molecule has 0 radical (unpaired) electrons. The average molecular weight is 407 g/mol. The molecule has 3 rings (SSSR count). The molecule has 6 N–H and O–H groups in total. The Hall–Kier alpha value is -2.53. The highest BCUT2D eigenvalue weighted by atomic mass is 32.2. The second-order valence-electron chi connectivity index (χ2n) is 6.46. The number of rotatable bonds is 6. The molecule has 28 heavy (non-hydrogen) atoms. The normalized spacial score (nSPS) is 23.1. The van der Waals surface area contributed by atoms with Crippen LogP contribution in [0.2, 0.25) is 0 Å². The predicted molar refractivity (Wildman–Crippen MR) is 105 cm³/mol. The number of halogens is 1. The van der Waals surface area contributed by atoms with Crippen LogP contribution in [0.15, 0.2) is 64.0 Å². The second kappa shape index (κ2) is 8.23. The fraction of sp³-hybridized carbons (Fsp3) is 0.278. The van der Waals surface area contributed by atoms with Gasteiger partial charge in [0.1, 0.15) is 11.9 Å². The van der Waals surface area contributed by atoms with Crippen molar-refractivity contribution in [2.24, 2.45) is 10.7 Å². The van der Waals surface area contributed by atoms with Gasteiger partial charge < -0.3 is 15.7 Å². The molecule has 0 amide bonds. The Kier molecular flexibility index (Phi) is 5.94. The van der Waals surface area contributed by atoms with Crippen LogP contribution in [0.5, 0.6) is 0 Å². The van der Waals surface area contributed by atoms with Gasteiger partial charge >= 0.3 is 0 Å². The van der Waals surface area contributed by atoms with Gasteiger partial charge in [-0.05, 0) is 19.1 Å². The van der Waals surface area contributed by atoms with E-state index in [9.17, 15) is 17.9 Å². The van der Waals surface area contributed by atoms with Gasteiger partial charge in [-0.1, -0.05) is 18.2 Å². The number of allylic oxidation sites excluding steroid dienone is 2. The van der Waals surface area contributed by atoms with E-state index >= 15 is 0 Å². The summed E-state index contributed by atoms with van der Waals surface area (Å²) in [6.07, 6.45) is 4.52. The molecule has 10 heteroatoms. The summed E-state index contributed by atoms with van der Waals surface area (Å²) in [6, 6.07) is 5.53. The predicted octanol–water partition coefficient (Wildman–Crippen LogP) is 0.312. The van der Waals surface area contributed by atoms with Gasteiger partial charge in [-0.25, -0.2) is 17.5 Å². The summed E-state index contributed by atoms with van der Waals surface area (Å²) in [5.41, 5.74) is 6.87. The van der Waals surface area contributed by atoms with Crippen molar-refractivity contribution in [3.05, 3.63) is 59.7 Å². The third-order valence-corrected chi connectivity index (χ3v) is 5.65. The maximum atomic E-state index is 14.7. The Balaban J connectivity index is 1.87. The van der Waals surface area contributed by atoms with Gasteiger partial charge in [0.25, 0.3) is 0 Å². The SMILES string of the molecule is C[C@H](O)CNS(=O)(=O)c1ccccc1C1=CNC(C2=CNC(N)N=C2)C(F)=C1. The molecule has 2 aliphatic rings. The molecule has 0 fully saturated rings. The van der Waals surface area contributed by atoms with E-state index in [0.717, 1.165) is 0 Å². The summed E-state index contributed by atoms with van der Waals surface area (Å²) in [5, 5.41) is 15.1. The molecule has 3 atom stereocenters. The van der Waals surface area contributed by atoms with Gasteiger partial charge in [0, 0.05) is 41.9 Å². The molecule has 0 saturated heterocycles. The van der Waals surface area contributed by atoms with Crippen LogP contribution in [0.25, 0.3) is 5.57 Å². The van der Waals surface area contributed by atoms with Crippen molar-refractivity contribution in [3.8, 4) is 0 Å². The zero-order valence-electron chi connectivity index (χ0n) is 15.1. The Morgan fingerprint density at radius 2 is 2.07 bits per heavy atom. The summed E-state index contributed by atoms with van der Waals surface area (Å²) in [6.45, 7) is 1.36. The number of benzene rings is 1. The standard InChI is InChI=1S/C18H22FN5O3S/c1-11(25)7-24-28(26,27)16-5-3-2-4-14(16)12-6-15(19)17(21-8-12)13-9-22-18(20)23-10-13/h2-6,8-11,17-18,21-22,24-25H,7,20H2,1H3/t11-,17?,18?/m0/s1. The highest BCUT2D eigenvalue weighted by Gasteiger charge is 2.26. The lowest BCUT2D eigenvalue weighted by atomic mass is 9.98. The molecule has 1 aromatic rings. The third kappa shape index (κ3) is 4.47. The van der Waals surface area contributed by atoms with E-state index in [2.05, 4.69) is 20.3 Å². The maximum absolute atomic E-state index is 14.7. The first-order valence-electron chi connectivity index (χ1n) is 8.63. The lowest BCUT2D eigenvalue weighted by molar-refractivity contribution is 0.198. The number of nitrogens with zero attached hydrogens (tertiary/aromatic N) is 1. The van der Waals surface area contributed by atoms with Crippen LogP contribution in [0.3, 0.4) is 0 Å². The van der Waals surface area contributed by atoms with Crippen LogP contribution in [0.1, 0.15) is 12.5 Å². The molecule has 0 saturated carbocycles. The Bertz CT molecular complexity index is 969. The van der Waals surface area contributed by atoms with E-state index in [0.29, 0.717) is 16.7 Å². The Morgan fingerprint density at radius 1 is 1.32 bits per heavy atom. The molecular formula is C18H22FN5O3S. The zero-order valence-corrected chi connectivity index (χ0v) is 15.9. The molecule has 0 spiro atoms. The number of aliphatic imine (C=N–C) groups is 1. The second-order valence-corrected chi connectivity index (χ2v) is 8.20. The van der Waals surface area contributed by atoms with Gasteiger partial charge in [-0.2, -0.15) is 0 Å². The van der Waals surface area contributed by atoms with E-state index in [4.69, 9.17) is 5.73 Å². The third-order valence-electron chi connectivity index (χ3n) is 4.17. The lowest BCUT2D eigenvalue weighted by Gasteiger charge is -2.25. The molecule has 1 aromatic carbocycles. The van der Waals surface area contributed by atoms with Crippen molar-refractivity contribution in [2.45, 2.75) is 30.3 Å². The minimum absolute atomic E-state index is 0.00251. The minimum Gasteiger partial charge on any atom is -0.392 e. The zero-order chi connectivity index (χ0) is 20.3. The molecule has 2 aliphatic heterocycles. The number of sulfonamides is 1. The number of dihydropyridines is 1. The van der Waals surface area contributed by atoms with Gasteiger partial charge in [0.15, 0.2) is 6.29 Å². The van der Waals surface area contributed by atoms with Crippen molar-refractivity contribution in [2.75, 3.05) is 6.54 Å². The summed E-state index contributed by atoms with van der Waals surface area (Å²) >= 11 is 0. The smallest absolute Gasteiger partial charge is 0.241 e. The topological polar surface area (TPSA) is 129 Å². The Morgan fingerprint density at radius 3 is 2.71 bits per heavy atom. The fourth-order valence-corrected chi connectivity index (χ4v) is 4.12. The van der Waals surface area contributed by atoms with E-state index in [1.165, 1.54) is 25.3 Å². The quantitative estimate of drug-likeness (QED) is 0.462. The number of hydrogen-bond acceptors (Lipinski definition) is 7. The molecule has 0 aliphatic carbocycles. The molecular weight excluding hydrogens is 385 g/mol.